The molecule has 2 N–H and O–H groups in total. The van der Waals surface area contributed by atoms with Gasteiger partial charge in [-0.3, -0.25) is 9.59 Å². The van der Waals surface area contributed by atoms with Gasteiger partial charge in [0.15, 0.2) is 0 Å². The minimum Gasteiger partial charge on any atom is -0.339 e. The van der Waals surface area contributed by atoms with Gasteiger partial charge in [-0.15, -0.1) is 0 Å². The molecule has 4 heteroatoms. The second-order valence-corrected chi connectivity index (χ2v) is 14.2. The van der Waals surface area contributed by atoms with Crippen LogP contribution >= 0.6 is 0 Å². The molecule has 2 amide bonds. The summed E-state index contributed by atoms with van der Waals surface area (Å²) < 4.78 is 0. The number of hydrogen-bond donors (Lipinski definition) is 2. The van der Waals surface area contributed by atoms with E-state index in [9.17, 15) is 9.59 Å². The standard InChI is InChI=1S/C41H82N2O2/c1-3-5-7-9-11-13-15-17-19-20-21-22-24-26-28-30-32-34-36-38-41(45)43-39-42-40(44)37-35-33-31-29-27-25-23-18-16-14-12-10-8-6-4-2/h3-39H2,1-2H3,(H,42,44)(H,43,45). The lowest BCUT2D eigenvalue weighted by molar-refractivity contribution is -0.123. The van der Waals surface area contributed by atoms with Gasteiger partial charge in [0.25, 0.3) is 0 Å². The van der Waals surface area contributed by atoms with E-state index in [-0.39, 0.29) is 18.5 Å². The summed E-state index contributed by atoms with van der Waals surface area (Å²) in [5.41, 5.74) is 0. The zero-order valence-corrected chi connectivity index (χ0v) is 31.0. The highest BCUT2D eigenvalue weighted by Gasteiger charge is 2.04. The first kappa shape index (κ1) is 43.9. The molecule has 0 aliphatic carbocycles. The zero-order chi connectivity index (χ0) is 32.7. The van der Waals surface area contributed by atoms with Gasteiger partial charge in [-0.25, -0.2) is 0 Å². The Kier molecular flexibility index (Phi) is 38.2. The van der Waals surface area contributed by atoms with E-state index in [4.69, 9.17) is 0 Å². The monoisotopic (exact) mass is 635 g/mol. The maximum atomic E-state index is 12.1. The van der Waals surface area contributed by atoms with Crippen LogP contribution in [0.5, 0.6) is 0 Å². The summed E-state index contributed by atoms with van der Waals surface area (Å²) in [5.74, 6) is 0.128. The van der Waals surface area contributed by atoms with Gasteiger partial charge in [-0.1, -0.05) is 219 Å². The molecule has 0 unspecified atom stereocenters. The fourth-order valence-corrected chi connectivity index (χ4v) is 6.44. The average molecular weight is 635 g/mol. The van der Waals surface area contributed by atoms with Crippen LogP contribution in [0.25, 0.3) is 0 Å². The number of unbranched alkanes of at least 4 members (excludes halogenated alkanes) is 32. The van der Waals surface area contributed by atoms with Crippen molar-refractivity contribution >= 4 is 11.8 Å². The molecular formula is C41H82N2O2. The van der Waals surface area contributed by atoms with Gasteiger partial charge < -0.3 is 10.6 Å². The molecule has 0 aromatic heterocycles. The fourth-order valence-electron chi connectivity index (χ4n) is 6.44. The first-order valence-corrected chi connectivity index (χ1v) is 20.7. The molecule has 0 fully saturated rings. The Labute approximate surface area is 283 Å². The normalized spacial score (nSPS) is 11.2. The van der Waals surface area contributed by atoms with E-state index >= 15 is 0 Å². The molecule has 268 valence electrons. The van der Waals surface area contributed by atoms with Crippen LogP contribution in [0.1, 0.15) is 245 Å². The van der Waals surface area contributed by atoms with Crippen molar-refractivity contribution in [2.75, 3.05) is 6.67 Å². The summed E-state index contributed by atoms with van der Waals surface area (Å²) >= 11 is 0. The summed E-state index contributed by atoms with van der Waals surface area (Å²) in [5, 5.41) is 5.71. The first-order valence-electron chi connectivity index (χ1n) is 20.7. The molecule has 0 heterocycles. The van der Waals surface area contributed by atoms with Crippen LogP contribution in [0, 0.1) is 0 Å². The lowest BCUT2D eigenvalue weighted by Gasteiger charge is -2.08. The molecule has 0 bridgehead atoms. The Morgan fingerprint density at radius 1 is 0.289 bits per heavy atom. The SMILES string of the molecule is CCCCCCCCCCCCCCCCCCCCCC(=O)NCNC(=O)CCCCCCCCCCCCCCCCC. The number of hydrogen-bond acceptors (Lipinski definition) is 2. The summed E-state index contributed by atoms with van der Waals surface area (Å²) in [4.78, 5) is 24.1. The quantitative estimate of drug-likeness (QED) is 0.0524. The smallest absolute Gasteiger partial charge is 0.221 e. The Hall–Kier alpha value is -1.06. The Morgan fingerprint density at radius 2 is 0.467 bits per heavy atom. The highest BCUT2D eigenvalue weighted by Crippen LogP contribution is 2.16. The van der Waals surface area contributed by atoms with Crippen LogP contribution in [0.15, 0.2) is 0 Å². The van der Waals surface area contributed by atoms with Crippen LogP contribution in [-0.2, 0) is 9.59 Å². The predicted octanol–water partition coefficient (Wildman–Crippen LogP) is 13.3. The third-order valence-electron chi connectivity index (χ3n) is 9.59. The van der Waals surface area contributed by atoms with Gasteiger partial charge >= 0.3 is 0 Å². The van der Waals surface area contributed by atoms with Crippen LogP contribution in [0.3, 0.4) is 0 Å². The van der Waals surface area contributed by atoms with E-state index < -0.39 is 0 Å². The molecule has 0 aliphatic rings. The summed E-state index contributed by atoms with van der Waals surface area (Å²) in [6.07, 6.45) is 47.1. The number of rotatable bonds is 38. The average Bonchev–Trinajstić information content (AvgIpc) is 3.04. The van der Waals surface area contributed by atoms with Crippen molar-refractivity contribution in [1.29, 1.82) is 0 Å². The Bertz CT molecular complexity index is 594. The van der Waals surface area contributed by atoms with Crippen LogP contribution < -0.4 is 10.6 Å². The van der Waals surface area contributed by atoms with E-state index in [0.717, 1.165) is 25.7 Å². The fraction of sp³-hybridized carbons (Fsp3) is 0.951. The van der Waals surface area contributed by atoms with Gasteiger partial charge in [0.1, 0.15) is 0 Å². The van der Waals surface area contributed by atoms with E-state index in [1.807, 2.05) is 0 Å². The molecule has 0 aromatic rings. The topological polar surface area (TPSA) is 58.2 Å². The largest absolute Gasteiger partial charge is 0.339 e. The minimum absolute atomic E-state index is 0.0634. The second-order valence-electron chi connectivity index (χ2n) is 14.2. The predicted molar refractivity (Wildman–Crippen MR) is 199 cm³/mol. The summed E-state index contributed by atoms with van der Waals surface area (Å²) in [6.45, 7) is 4.85. The van der Waals surface area contributed by atoms with E-state index in [0.29, 0.717) is 12.8 Å². The molecule has 4 nitrogen and oxygen atoms in total. The number of nitrogens with one attached hydrogen (secondary N) is 2. The summed E-state index contributed by atoms with van der Waals surface area (Å²) in [6, 6.07) is 0. The van der Waals surface area contributed by atoms with Gasteiger partial charge in [-0.05, 0) is 12.8 Å². The van der Waals surface area contributed by atoms with Crippen LogP contribution in [-0.4, -0.2) is 18.5 Å². The van der Waals surface area contributed by atoms with Crippen molar-refractivity contribution in [2.45, 2.75) is 245 Å². The Morgan fingerprint density at radius 3 is 0.667 bits per heavy atom. The van der Waals surface area contributed by atoms with Gasteiger partial charge in [-0.2, -0.15) is 0 Å². The molecular weight excluding hydrogens is 552 g/mol. The lowest BCUT2D eigenvalue weighted by atomic mass is 10.0. The molecule has 45 heavy (non-hydrogen) atoms. The van der Waals surface area contributed by atoms with Crippen LogP contribution in [0.4, 0.5) is 0 Å². The molecule has 0 spiro atoms. The van der Waals surface area contributed by atoms with E-state index in [1.165, 1.54) is 193 Å². The van der Waals surface area contributed by atoms with Gasteiger partial charge in [0.2, 0.25) is 11.8 Å². The Balaban J connectivity index is 3.25. The van der Waals surface area contributed by atoms with E-state index in [1.54, 1.807) is 0 Å². The van der Waals surface area contributed by atoms with Crippen molar-refractivity contribution in [2.24, 2.45) is 0 Å². The van der Waals surface area contributed by atoms with Crippen LogP contribution in [0.2, 0.25) is 0 Å². The van der Waals surface area contributed by atoms with Gasteiger partial charge in [0.05, 0.1) is 6.67 Å². The van der Waals surface area contributed by atoms with Crippen molar-refractivity contribution in [3.8, 4) is 0 Å². The number of carbonyl (C=O) groups is 2. The van der Waals surface area contributed by atoms with Crippen molar-refractivity contribution < 1.29 is 9.59 Å². The maximum absolute atomic E-state index is 12.1. The molecule has 0 atom stereocenters. The van der Waals surface area contributed by atoms with Gasteiger partial charge in [0, 0.05) is 12.8 Å². The highest BCUT2D eigenvalue weighted by molar-refractivity contribution is 5.78. The second kappa shape index (κ2) is 39.1. The lowest BCUT2D eigenvalue weighted by Crippen LogP contribution is -2.37. The molecule has 0 aromatic carbocycles. The number of amides is 2. The van der Waals surface area contributed by atoms with Crippen molar-refractivity contribution in [3.05, 3.63) is 0 Å². The van der Waals surface area contributed by atoms with Crippen molar-refractivity contribution in [3.63, 3.8) is 0 Å². The maximum Gasteiger partial charge on any atom is 0.221 e. The van der Waals surface area contributed by atoms with Crippen molar-refractivity contribution in [1.82, 2.24) is 10.6 Å². The molecule has 0 radical (unpaired) electrons. The highest BCUT2D eigenvalue weighted by atomic mass is 16.2. The zero-order valence-electron chi connectivity index (χ0n) is 31.0. The molecule has 0 rings (SSSR count). The first-order chi connectivity index (χ1) is 22.2. The third kappa shape index (κ3) is 39.0. The molecule has 0 aliphatic heterocycles. The molecule has 0 saturated carbocycles. The summed E-state index contributed by atoms with van der Waals surface area (Å²) in [7, 11) is 0. The minimum atomic E-state index is 0.0634. The third-order valence-corrected chi connectivity index (χ3v) is 9.59. The number of carbonyl (C=O) groups excluding carboxylic acids is 2. The molecule has 0 saturated heterocycles. The van der Waals surface area contributed by atoms with E-state index in [2.05, 4.69) is 24.5 Å².